The summed E-state index contributed by atoms with van der Waals surface area (Å²) in [4.78, 5) is 8.93. The molecule has 0 aliphatic heterocycles. The number of pyridine rings is 1. The van der Waals surface area contributed by atoms with Crippen molar-refractivity contribution in [3.05, 3.63) is 163 Å². The Morgan fingerprint density at radius 2 is 1.00 bits per heavy atom. The predicted molar refractivity (Wildman–Crippen MR) is 190 cm³/mol. The van der Waals surface area contributed by atoms with E-state index in [0.717, 1.165) is 45.3 Å². The Morgan fingerprint density at radius 1 is 0.511 bits per heavy atom. The van der Waals surface area contributed by atoms with Crippen LogP contribution in [-0.2, 0) is 0 Å². The summed E-state index contributed by atoms with van der Waals surface area (Å²) < 4.78 is 0. The van der Waals surface area contributed by atoms with Gasteiger partial charge in [0.15, 0.2) is 0 Å². The fourth-order valence-electron chi connectivity index (χ4n) is 6.53. The highest BCUT2D eigenvalue weighted by Gasteiger charge is 2.26. The number of hydrogen-bond acceptors (Lipinski definition) is 3. The van der Waals surface area contributed by atoms with Gasteiger partial charge in [0.1, 0.15) is 0 Å². The molecule has 45 heavy (non-hydrogen) atoms. The van der Waals surface area contributed by atoms with Gasteiger partial charge in [0.25, 0.3) is 0 Å². The molecule has 3 nitrogen and oxygen atoms in total. The SMILES string of the molecule is Clc1c(N(c2ccccc2)c2ccccc2)cc(C2CCCCC2)cc1N(c1ccccc1)c1ccc(-c2cccnc2)cc1. The Hall–Kier alpha value is -4.86. The van der Waals surface area contributed by atoms with Crippen LogP contribution in [0.5, 0.6) is 0 Å². The van der Waals surface area contributed by atoms with Crippen molar-refractivity contribution in [3.8, 4) is 11.1 Å². The fourth-order valence-corrected chi connectivity index (χ4v) is 6.81. The maximum Gasteiger partial charge on any atom is 0.0887 e. The molecule has 0 radical (unpaired) electrons. The van der Waals surface area contributed by atoms with Crippen molar-refractivity contribution in [3.63, 3.8) is 0 Å². The van der Waals surface area contributed by atoms with E-state index in [9.17, 15) is 0 Å². The summed E-state index contributed by atoms with van der Waals surface area (Å²) >= 11 is 7.64. The van der Waals surface area contributed by atoms with Gasteiger partial charge in [0.05, 0.1) is 16.4 Å². The molecule has 0 N–H and O–H groups in total. The van der Waals surface area contributed by atoms with E-state index >= 15 is 0 Å². The van der Waals surface area contributed by atoms with Crippen LogP contribution in [0.2, 0.25) is 5.02 Å². The maximum atomic E-state index is 7.64. The van der Waals surface area contributed by atoms with Crippen molar-refractivity contribution in [1.29, 1.82) is 0 Å². The number of hydrogen-bond donors (Lipinski definition) is 0. The molecule has 7 rings (SSSR count). The Kier molecular flexibility index (Phi) is 8.61. The molecular weight excluding hydrogens is 570 g/mol. The second-order valence-corrected chi connectivity index (χ2v) is 12.1. The highest BCUT2D eigenvalue weighted by molar-refractivity contribution is 6.36. The summed E-state index contributed by atoms with van der Waals surface area (Å²) in [6.45, 7) is 0. The molecule has 5 aromatic carbocycles. The molecule has 6 aromatic rings. The Balaban J connectivity index is 1.44. The van der Waals surface area contributed by atoms with Gasteiger partial charge in [-0.25, -0.2) is 0 Å². The lowest BCUT2D eigenvalue weighted by molar-refractivity contribution is 0.444. The third-order valence-corrected chi connectivity index (χ3v) is 9.17. The Bertz CT molecular complexity index is 1780. The summed E-state index contributed by atoms with van der Waals surface area (Å²) in [6.07, 6.45) is 9.94. The number of halogens is 1. The molecule has 0 amide bonds. The minimum absolute atomic E-state index is 0.493. The predicted octanol–water partition coefficient (Wildman–Crippen LogP) is 12.4. The average Bonchev–Trinajstić information content (AvgIpc) is 3.12. The van der Waals surface area contributed by atoms with E-state index in [1.165, 1.54) is 37.7 Å². The van der Waals surface area contributed by atoms with Crippen LogP contribution in [0.15, 0.2) is 152 Å². The van der Waals surface area contributed by atoms with Gasteiger partial charge in [-0.1, -0.05) is 104 Å². The molecule has 222 valence electrons. The molecule has 4 heteroatoms. The van der Waals surface area contributed by atoms with Crippen molar-refractivity contribution < 1.29 is 0 Å². The fraction of sp³-hybridized carbons (Fsp3) is 0.146. The molecule has 1 fully saturated rings. The van der Waals surface area contributed by atoms with Crippen molar-refractivity contribution in [2.24, 2.45) is 0 Å². The van der Waals surface area contributed by atoms with Crippen LogP contribution in [0.25, 0.3) is 11.1 Å². The number of benzene rings is 5. The zero-order valence-electron chi connectivity index (χ0n) is 25.3. The highest BCUT2D eigenvalue weighted by atomic mass is 35.5. The first-order valence-corrected chi connectivity index (χ1v) is 16.2. The molecule has 1 aromatic heterocycles. The Labute approximate surface area is 271 Å². The smallest absolute Gasteiger partial charge is 0.0887 e. The van der Waals surface area contributed by atoms with E-state index in [0.29, 0.717) is 10.9 Å². The summed E-state index contributed by atoms with van der Waals surface area (Å²) in [7, 11) is 0. The average molecular weight is 606 g/mol. The van der Waals surface area contributed by atoms with Crippen molar-refractivity contribution >= 4 is 45.7 Å². The summed E-state index contributed by atoms with van der Waals surface area (Å²) in [6, 6.07) is 49.1. The van der Waals surface area contributed by atoms with Crippen LogP contribution in [-0.4, -0.2) is 4.98 Å². The molecule has 1 aliphatic rings. The van der Waals surface area contributed by atoms with Gasteiger partial charge in [-0.05, 0) is 102 Å². The molecule has 1 heterocycles. The van der Waals surface area contributed by atoms with E-state index in [2.05, 4.69) is 148 Å². The van der Waals surface area contributed by atoms with Crippen LogP contribution >= 0.6 is 11.6 Å². The van der Waals surface area contributed by atoms with Crippen LogP contribution in [0.3, 0.4) is 0 Å². The molecule has 0 spiro atoms. The van der Waals surface area contributed by atoms with Gasteiger partial charge in [-0.3, -0.25) is 4.98 Å². The normalized spacial score (nSPS) is 13.4. The zero-order valence-corrected chi connectivity index (χ0v) is 26.0. The topological polar surface area (TPSA) is 19.4 Å². The number of rotatable bonds is 8. The summed E-state index contributed by atoms with van der Waals surface area (Å²) in [5.41, 5.74) is 9.78. The zero-order chi connectivity index (χ0) is 30.4. The van der Waals surface area contributed by atoms with E-state index in [1.807, 2.05) is 18.5 Å². The largest absolute Gasteiger partial charge is 0.309 e. The van der Waals surface area contributed by atoms with Crippen LogP contribution in [0.4, 0.5) is 34.1 Å². The lowest BCUT2D eigenvalue weighted by Crippen LogP contribution is -2.16. The van der Waals surface area contributed by atoms with Gasteiger partial charge < -0.3 is 9.80 Å². The highest BCUT2D eigenvalue weighted by Crippen LogP contribution is 2.49. The van der Waals surface area contributed by atoms with Crippen molar-refractivity contribution in [2.75, 3.05) is 9.80 Å². The van der Waals surface area contributed by atoms with Crippen molar-refractivity contribution in [2.45, 2.75) is 38.0 Å². The van der Waals surface area contributed by atoms with E-state index in [4.69, 9.17) is 11.6 Å². The number of aromatic nitrogens is 1. The quantitative estimate of drug-likeness (QED) is 0.172. The first kappa shape index (κ1) is 28.9. The van der Waals surface area contributed by atoms with Crippen LogP contribution in [0.1, 0.15) is 43.6 Å². The lowest BCUT2D eigenvalue weighted by Gasteiger charge is -2.33. The molecular formula is C41H36ClN3. The van der Waals surface area contributed by atoms with Crippen LogP contribution in [0, 0.1) is 0 Å². The second-order valence-electron chi connectivity index (χ2n) is 11.7. The van der Waals surface area contributed by atoms with Gasteiger partial charge in [0, 0.05) is 35.1 Å². The molecule has 0 atom stereocenters. The van der Waals surface area contributed by atoms with E-state index < -0.39 is 0 Å². The molecule has 1 aliphatic carbocycles. The second kappa shape index (κ2) is 13.4. The standard InChI is InChI=1S/C41H36ClN3/c42-41-39(44(35-17-7-2-8-18-35)36-19-9-3-10-20-36)28-34(31-14-5-1-6-15-31)29-40(41)45(37-21-11-4-12-22-37)38-25-23-32(24-26-38)33-16-13-27-43-30-33/h2-4,7-13,16-31H,1,5-6,14-15H2. The van der Waals surface area contributed by atoms with E-state index in [-0.39, 0.29) is 0 Å². The van der Waals surface area contributed by atoms with E-state index in [1.54, 1.807) is 0 Å². The molecule has 0 unspecified atom stereocenters. The number of nitrogens with zero attached hydrogens (tertiary/aromatic N) is 3. The molecule has 0 bridgehead atoms. The van der Waals surface area contributed by atoms with Gasteiger partial charge in [-0.2, -0.15) is 0 Å². The minimum atomic E-state index is 0.493. The first-order valence-electron chi connectivity index (χ1n) is 15.9. The number of para-hydroxylation sites is 3. The summed E-state index contributed by atoms with van der Waals surface area (Å²) in [5, 5.41) is 0.711. The minimum Gasteiger partial charge on any atom is -0.309 e. The summed E-state index contributed by atoms with van der Waals surface area (Å²) in [5.74, 6) is 0.493. The number of anilines is 6. The first-order chi connectivity index (χ1) is 22.3. The molecule has 0 saturated heterocycles. The van der Waals surface area contributed by atoms with Gasteiger partial charge in [0.2, 0.25) is 0 Å². The monoisotopic (exact) mass is 605 g/mol. The maximum absolute atomic E-state index is 7.64. The van der Waals surface area contributed by atoms with Crippen molar-refractivity contribution in [1.82, 2.24) is 4.98 Å². The third-order valence-electron chi connectivity index (χ3n) is 8.78. The molecule has 1 saturated carbocycles. The Morgan fingerprint density at radius 3 is 1.47 bits per heavy atom. The van der Waals surface area contributed by atoms with Gasteiger partial charge >= 0.3 is 0 Å². The van der Waals surface area contributed by atoms with Gasteiger partial charge in [-0.15, -0.1) is 0 Å². The van der Waals surface area contributed by atoms with Crippen LogP contribution < -0.4 is 9.80 Å². The third kappa shape index (κ3) is 6.22. The lowest BCUT2D eigenvalue weighted by atomic mass is 9.83.